The van der Waals surface area contributed by atoms with Gasteiger partial charge in [-0.25, -0.2) is 4.79 Å². The second-order valence-corrected chi connectivity index (χ2v) is 10.7. The van der Waals surface area contributed by atoms with Gasteiger partial charge in [0.05, 0.1) is 16.9 Å². The van der Waals surface area contributed by atoms with Gasteiger partial charge in [-0.05, 0) is 88.1 Å². The summed E-state index contributed by atoms with van der Waals surface area (Å²) in [5.41, 5.74) is 11.1. The Morgan fingerprint density at radius 2 is 1.81 bits per heavy atom. The van der Waals surface area contributed by atoms with Gasteiger partial charge in [-0.15, -0.1) is 0 Å². The number of carbonyl (C=O) groups excluding carboxylic acids is 2. The molecule has 3 aromatic rings. The lowest BCUT2D eigenvalue weighted by atomic mass is 9.92. The Labute approximate surface area is 216 Å². The average Bonchev–Trinajstić information content (AvgIpc) is 3.77. The molecule has 3 saturated carbocycles. The van der Waals surface area contributed by atoms with Crippen LogP contribution in [0.4, 0.5) is 16.2 Å². The second-order valence-electron chi connectivity index (χ2n) is 10.7. The standard InChI is InChI=1S/C29H34N4O4/c1-17(18-5-6-18)37-29(35)32-21-9-7-19(8-10-21)28-27(30)24-15-23(36-16-26(34)31-20-11-12-20)13-14-25(24)33(28)22-3-2-4-22/h7-10,13-15,17-18,20,22H,2-6,11-12,16,30H2,1H3,(H,31,34)(H,32,35). The molecule has 1 aromatic heterocycles. The molecule has 1 unspecified atom stereocenters. The normalized spacial score (nSPS) is 18.2. The minimum Gasteiger partial charge on any atom is -0.484 e. The van der Waals surface area contributed by atoms with Crippen LogP contribution in [0.2, 0.25) is 0 Å². The molecule has 6 rings (SSSR count). The number of anilines is 2. The van der Waals surface area contributed by atoms with Gasteiger partial charge in [0.15, 0.2) is 6.61 Å². The summed E-state index contributed by atoms with van der Waals surface area (Å²) in [5.74, 6) is 1.03. The van der Waals surface area contributed by atoms with E-state index in [0.29, 0.717) is 35.1 Å². The predicted molar refractivity (Wildman–Crippen MR) is 144 cm³/mol. The number of carbonyl (C=O) groups is 2. The molecule has 0 spiro atoms. The minimum atomic E-state index is -0.423. The van der Waals surface area contributed by atoms with Gasteiger partial charge >= 0.3 is 6.09 Å². The summed E-state index contributed by atoms with van der Waals surface area (Å²) in [5, 5.41) is 6.69. The van der Waals surface area contributed by atoms with Crippen molar-refractivity contribution in [3.8, 4) is 17.0 Å². The monoisotopic (exact) mass is 502 g/mol. The van der Waals surface area contributed by atoms with Crippen molar-refractivity contribution in [2.24, 2.45) is 5.92 Å². The lowest BCUT2D eigenvalue weighted by Gasteiger charge is -2.30. The van der Waals surface area contributed by atoms with Crippen molar-refractivity contribution in [3.63, 3.8) is 0 Å². The second kappa shape index (κ2) is 9.65. The van der Waals surface area contributed by atoms with Gasteiger partial charge in [0, 0.05) is 28.7 Å². The first kappa shape index (κ1) is 23.7. The number of nitrogen functional groups attached to an aromatic ring is 1. The van der Waals surface area contributed by atoms with E-state index in [1.807, 2.05) is 49.4 Å². The SMILES string of the molecule is CC(OC(=O)Nc1ccc(-c2c(N)c3cc(OCC(=O)NC4CC4)ccc3n2C2CCC2)cc1)C1CC1. The summed E-state index contributed by atoms with van der Waals surface area (Å²) in [6.07, 6.45) is 7.30. The quantitative estimate of drug-likeness (QED) is 0.352. The Morgan fingerprint density at radius 1 is 1.05 bits per heavy atom. The van der Waals surface area contributed by atoms with E-state index in [9.17, 15) is 9.59 Å². The highest BCUT2D eigenvalue weighted by Gasteiger charge is 2.31. The summed E-state index contributed by atoms with van der Waals surface area (Å²) in [4.78, 5) is 24.3. The van der Waals surface area contributed by atoms with E-state index in [-0.39, 0.29) is 18.6 Å². The third-order valence-electron chi connectivity index (χ3n) is 7.75. The number of benzene rings is 2. The summed E-state index contributed by atoms with van der Waals surface area (Å²) >= 11 is 0. The summed E-state index contributed by atoms with van der Waals surface area (Å²) < 4.78 is 13.6. The zero-order valence-corrected chi connectivity index (χ0v) is 21.2. The van der Waals surface area contributed by atoms with Gasteiger partial charge in [-0.1, -0.05) is 12.1 Å². The first-order chi connectivity index (χ1) is 18.0. The molecule has 2 aromatic carbocycles. The molecule has 2 amide bonds. The smallest absolute Gasteiger partial charge is 0.411 e. The number of nitrogens with zero attached hydrogens (tertiary/aromatic N) is 1. The number of rotatable bonds is 9. The lowest BCUT2D eigenvalue weighted by molar-refractivity contribution is -0.123. The fraction of sp³-hybridized carbons (Fsp3) is 0.448. The predicted octanol–water partition coefficient (Wildman–Crippen LogP) is 5.62. The van der Waals surface area contributed by atoms with E-state index in [0.717, 1.165) is 60.7 Å². The molecule has 4 N–H and O–H groups in total. The van der Waals surface area contributed by atoms with E-state index in [1.165, 1.54) is 6.42 Å². The van der Waals surface area contributed by atoms with E-state index in [1.54, 1.807) is 0 Å². The molecular formula is C29H34N4O4. The van der Waals surface area contributed by atoms with Crippen LogP contribution in [0.3, 0.4) is 0 Å². The van der Waals surface area contributed by atoms with Crippen molar-refractivity contribution >= 4 is 34.3 Å². The lowest BCUT2D eigenvalue weighted by Crippen LogP contribution is -2.30. The zero-order chi connectivity index (χ0) is 25.5. The Balaban J connectivity index is 1.23. The molecule has 0 aliphatic heterocycles. The average molecular weight is 503 g/mol. The molecule has 3 fully saturated rings. The van der Waals surface area contributed by atoms with Crippen molar-refractivity contribution in [1.82, 2.24) is 9.88 Å². The van der Waals surface area contributed by atoms with E-state index in [2.05, 4.69) is 15.2 Å². The van der Waals surface area contributed by atoms with Gasteiger partial charge in [-0.2, -0.15) is 0 Å². The first-order valence-electron chi connectivity index (χ1n) is 13.4. The zero-order valence-electron chi connectivity index (χ0n) is 21.2. The molecule has 194 valence electrons. The Kier molecular flexibility index (Phi) is 6.18. The van der Waals surface area contributed by atoms with Crippen LogP contribution in [0.1, 0.15) is 57.9 Å². The fourth-order valence-corrected chi connectivity index (χ4v) is 5.06. The van der Waals surface area contributed by atoms with Crippen molar-refractivity contribution < 1.29 is 19.1 Å². The third-order valence-corrected chi connectivity index (χ3v) is 7.75. The first-order valence-corrected chi connectivity index (χ1v) is 13.4. The molecule has 1 heterocycles. The van der Waals surface area contributed by atoms with Crippen molar-refractivity contribution in [2.75, 3.05) is 17.7 Å². The Morgan fingerprint density at radius 3 is 2.46 bits per heavy atom. The van der Waals surface area contributed by atoms with Crippen LogP contribution < -0.4 is 21.1 Å². The molecular weight excluding hydrogens is 468 g/mol. The highest BCUT2D eigenvalue weighted by molar-refractivity contribution is 6.02. The third kappa shape index (κ3) is 5.10. The number of nitrogens with two attached hydrogens (primary N) is 1. The van der Waals surface area contributed by atoms with Crippen molar-refractivity contribution in [1.29, 1.82) is 0 Å². The van der Waals surface area contributed by atoms with Crippen LogP contribution >= 0.6 is 0 Å². The van der Waals surface area contributed by atoms with Crippen molar-refractivity contribution in [3.05, 3.63) is 42.5 Å². The molecule has 0 radical (unpaired) electrons. The number of ether oxygens (including phenoxy) is 2. The molecule has 0 saturated heterocycles. The maximum atomic E-state index is 12.3. The molecule has 3 aliphatic carbocycles. The van der Waals surface area contributed by atoms with Crippen LogP contribution in [0, 0.1) is 5.92 Å². The molecule has 3 aliphatic rings. The molecule has 37 heavy (non-hydrogen) atoms. The van der Waals surface area contributed by atoms with Crippen LogP contribution in [-0.2, 0) is 9.53 Å². The van der Waals surface area contributed by atoms with E-state index >= 15 is 0 Å². The van der Waals surface area contributed by atoms with Gasteiger partial charge in [0.1, 0.15) is 11.9 Å². The molecule has 1 atom stereocenters. The van der Waals surface area contributed by atoms with Gasteiger partial charge in [0.25, 0.3) is 5.91 Å². The molecule has 8 heteroatoms. The Bertz CT molecular complexity index is 1320. The number of amides is 2. The number of hydrogen-bond acceptors (Lipinski definition) is 5. The molecule has 0 bridgehead atoms. The van der Waals surface area contributed by atoms with Gasteiger partial charge < -0.3 is 25.1 Å². The van der Waals surface area contributed by atoms with Gasteiger partial charge in [-0.3, -0.25) is 10.1 Å². The van der Waals surface area contributed by atoms with E-state index in [4.69, 9.17) is 15.2 Å². The van der Waals surface area contributed by atoms with Crippen LogP contribution in [0.5, 0.6) is 5.75 Å². The number of fused-ring (bicyclic) bond motifs is 1. The van der Waals surface area contributed by atoms with Gasteiger partial charge in [0.2, 0.25) is 0 Å². The fourth-order valence-electron chi connectivity index (χ4n) is 5.06. The summed E-state index contributed by atoms with van der Waals surface area (Å²) in [6.45, 7) is 1.94. The minimum absolute atomic E-state index is 0.00552. The van der Waals surface area contributed by atoms with Crippen LogP contribution in [-0.4, -0.2) is 35.3 Å². The maximum Gasteiger partial charge on any atom is 0.411 e. The molecule has 8 nitrogen and oxygen atoms in total. The van der Waals surface area contributed by atoms with E-state index < -0.39 is 6.09 Å². The summed E-state index contributed by atoms with van der Waals surface area (Å²) in [7, 11) is 0. The number of aromatic nitrogens is 1. The largest absolute Gasteiger partial charge is 0.484 e. The van der Waals surface area contributed by atoms with Crippen LogP contribution in [0.25, 0.3) is 22.2 Å². The Hall–Kier alpha value is -3.68. The number of nitrogens with one attached hydrogen (secondary N) is 2. The van der Waals surface area contributed by atoms with Crippen LogP contribution in [0.15, 0.2) is 42.5 Å². The highest BCUT2D eigenvalue weighted by atomic mass is 16.6. The summed E-state index contributed by atoms with van der Waals surface area (Å²) in [6, 6.07) is 14.3. The topological polar surface area (TPSA) is 108 Å². The highest BCUT2D eigenvalue weighted by Crippen LogP contribution is 2.45. The maximum absolute atomic E-state index is 12.3. The number of hydrogen-bond donors (Lipinski definition) is 3. The van der Waals surface area contributed by atoms with Crippen molar-refractivity contribution in [2.45, 2.75) is 70.1 Å².